The molecule has 0 bridgehead atoms. The fraction of sp³-hybridized carbons (Fsp3) is 0.333. The first-order valence-electron chi connectivity index (χ1n) is 7.70. The van der Waals surface area contributed by atoms with Gasteiger partial charge in [-0.05, 0) is 45.8 Å². The van der Waals surface area contributed by atoms with E-state index in [0.29, 0.717) is 15.8 Å². The van der Waals surface area contributed by atoms with Crippen molar-refractivity contribution in [2.75, 3.05) is 0 Å². The van der Waals surface area contributed by atoms with Gasteiger partial charge < -0.3 is 14.9 Å². The molecular weight excluding hydrogens is 382 g/mol. The van der Waals surface area contributed by atoms with E-state index in [4.69, 9.17) is 4.74 Å². The van der Waals surface area contributed by atoms with Crippen molar-refractivity contribution in [3.05, 3.63) is 52.0 Å². The maximum atomic E-state index is 14.1. The van der Waals surface area contributed by atoms with E-state index >= 15 is 0 Å². The van der Waals surface area contributed by atoms with Crippen molar-refractivity contribution in [3.8, 4) is 17.2 Å². The average molecular weight is 397 g/mol. The molecule has 0 saturated heterocycles. The summed E-state index contributed by atoms with van der Waals surface area (Å²) >= 11 is 3.36. The molecule has 2 aliphatic rings. The van der Waals surface area contributed by atoms with Crippen LogP contribution in [0.2, 0.25) is 0 Å². The largest absolute Gasteiger partial charge is 0.508 e. The second-order valence-corrected chi connectivity index (χ2v) is 7.36. The fourth-order valence-corrected chi connectivity index (χ4v) is 4.45. The molecule has 126 valence electrons. The number of benzene rings is 2. The van der Waals surface area contributed by atoms with Crippen LogP contribution in [0.4, 0.5) is 8.78 Å². The molecule has 24 heavy (non-hydrogen) atoms. The Bertz CT molecular complexity index is 792. The van der Waals surface area contributed by atoms with Gasteiger partial charge in [0.05, 0.1) is 4.47 Å². The van der Waals surface area contributed by atoms with Crippen molar-refractivity contribution in [1.29, 1.82) is 0 Å². The summed E-state index contributed by atoms with van der Waals surface area (Å²) in [5.74, 6) is -2.87. The van der Waals surface area contributed by atoms with E-state index in [1.165, 1.54) is 24.3 Å². The van der Waals surface area contributed by atoms with E-state index in [1.807, 2.05) is 0 Å². The van der Waals surface area contributed by atoms with Gasteiger partial charge in [-0.25, -0.2) is 8.78 Å². The fourth-order valence-electron chi connectivity index (χ4n) is 3.90. The van der Waals surface area contributed by atoms with Gasteiger partial charge in [-0.1, -0.05) is 12.1 Å². The Hall–Kier alpha value is -1.82. The van der Waals surface area contributed by atoms with Crippen LogP contribution in [0.3, 0.4) is 0 Å². The zero-order chi connectivity index (χ0) is 17.1. The zero-order valence-electron chi connectivity index (χ0n) is 12.5. The number of alkyl halides is 2. The van der Waals surface area contributed by atoms with Gasteiger partial charge in [-0.15, -0.1) is 0 Å². The number of ether oxygens (including phenoxy) is 1. The first-order chi connectivity index (χ1) is 11.3. The molecule has 1 aliphatic carbocycles. The predicted molar refractivity (Wildman–Crippen MR) is 87.7 cm³/mol. The van der Waals surface area contributed by atoms with Gasteiger partial charge in [0.1, 0.15) is 23.4 Å². The monoisotopic (exact) mass is 396 g/mol. The molecule has 3 unspecified atom stereocenters. The summed E-state index contributed by atoms with van der Waals surface area (Å²) in [6, 6.07) is 9.48. The smallest absolute Gasteiger partial charge is 0.249 e. The quantitative estimate of drug-likeness (QED) is 0.702. The van der Waals surface area contributed by atoms with Crippen LogP contribution in [0.25, 0.3) is 0 Å². The number of phenolic OH excluding ortho intramolecular Hbond substituents is 2. The third kappa shape index (κ3) is 2.53. The van der Waals surface area contributed by atoms with Crippen LogP contribution in [0, 0.1) is 5.92 Å². The molecule has 0 aromatic heterocycles. The van der Waals surface area contributed by atoms with Gasteiger partial charge in [-0.3, -0.25) is 0 Å². The van der Waals surface area contributed by atoms with Gasteiger partial charge in [-0.2, -0.15) is 0 Å². The van der Waals surface area contributed by atoms with Crippen LogP contribution >= 0.6 is 15.9 Å². The second-order valence-electron chi connectivity index (χ2n) is 6.51. The van der Waals surface area contributed by atoms with E-state index in [-0.39, 0.29) is 36.2 Å². The molecule has 1 saturated carbocycles. The summed E-state index contributed by atoms with van der Waals surface area (Å²) in [5, 5.41) is 19.3. The first kappa shape index (κ1) is 15.7. The molecular formula is C18H15BrF2O3. The number of hydrogen-bond donors (Lipinski definition) is 2. The topological polar surface area (TPSA) is 49.7 Å². The lowest BCUT2D eigenvalue weighted by atomic mass is 9.80. The lowest BCUT2D eigenvalue weighted by Gasteiger charge is -2.36. The van der Waals surface area contributed by atoms with Crippen molar-refractivity contribution in [2.24, 2.45) is 5.92 Å². The summed E-state index contributed by atoms with van der Waals surface area (Å²) in [7, 11) is 0. The molecule has 0 amide bonds. The van der Waals surface area contributed by atoms with E-state index in [1.54, 1.807) is 12.1 Å². The van der Waals surface area contributed by atoms with E-state index in [2.05, 4.69) is 15.9 Å². The predicted octanol–water partition coefficient (Wildman–Crippen LogP) is 5.12. The minimum absolute atomic E-state index is 0.0290. The van der Waals surface area contributed by atoms with Gasteiger partial charge >= 0.3 is 0 Å². The highest BCUT2D eigenvalue weighted by Crippen LogP contribution is 2.59. The lowest BCUT2D eigenvalue weighted by molar-refractivity contribution is -0.00236. The van der Waals surface area contributed by atoms with Crippen LogP contribution in [0.15, 0.2) is 40.9 Å². The molecule has 0 radical (unpaired) electrons. The first-order valence-corrected chi connectivity index (χ1v) is 8.49. The Balaban J connectivity index is 1.83. The van der Waals surface area contributed by atoms with Crippen molar-refractivity contribution in [1.82, 2.24) is 0 Å². The SMILES string of the molecule is Oc1ccc(C2Oc3c(Br)cc(O)cc3C3CC(F)(F)CC32)cc1. The summed E-state index contributed by atoms with van der Waals surface area (Å²) in [5.41, 5.74) is 1.38. The Morgan fingerprint density at radius 3 is 2.46 bits per heavy atom. The minimum atomic E-state index is -2.76. The van der Waals surface area contributed by atoms with Crippen molar-refractivity contribution < 1.29 is 23.7 Å². The number of hydrogen-bond acceptors (Lipinski definition) is 3. The Labute approximate surface area is 146 Å². The van der Waals surface area contributed by atoms with Gasteiger partial charge in [0.2, 0.25) is 5.92 Å². The molecule has 1 fully saturated rings. The molecule has 2 N–H and O–H groups in total. The third-order valence-corrected chi connectivity index (χ3v) is 5.47. The number of aromatic hydroxyl groups is 2. The highest BCUT2D eigenvalue weighted by molar-refractivity contribution is 9.10. The van der Waals surface area contributed by atoms with Crippen LogP contribution in [-0.4, -0.2) is 16.1 Å². The van der Waals surface area contributed by atoms with E-state index in [0.717, 1.165) is 5.56 Å². The van der Waals surface area contributed by atoms with Crippen LogP contribution in [0.5, 0.6) is 17.2 Å². The maximum absolute atomic E-state index is 14.1. The van der Waals surface area contributed by atoms with Crippen molar-refractivity contribution in [2.45, 2.75) is 30.8 Å². The van der Waals surface area contributed by atoms with E-state index in [9.17, 15) is 19.0 Å². The van der Waals surface area contributed by atoms with Crippen LogP contribution in [-0.2, 0) is 0 Å². The maximum Gasteiger partial charge on any atom is 0.249 e. The number of fused-ring (bicyclic) bond motifs is 3. The molecule has 2 aromatic rings. The van der Waals surface area contributed by atoms with Gasteiger partial charge in [0, 0.05) is 30.2 Å². The minimum Gasteiger partial charge on any atom is -0.508 e. The number of phenols is 2. The molecule has 0 spiro atoms. The normalized spacial score (nSPS) is 27.2. The average Bonchev–Trinajstić information content (AvgIpc) is 2.83. The van der Waals surface area contributed by atoms with E-state index < -0.39 is 12.0 Å². The summed E-state index contributed by atoms with van der Waals surface area (Å²) < 4.78 is 34.9. The molecule has 3 atom stereocenters. The standard InChI is InChI=1S/C18H15BrF2O3/c19-15-6-11(23)5-12-13-7-18(20,21)8-14(13)16(24-17(12)15)9-1-3-10(22)4-2-9/h1-6,13-14,16,22-23H,7-8H2. The summed E-state index contributed by atoms with van der Waals surface area (Å²) in [4.78, 5) is 0. The number of rotatable bonds is 1. The molecule has 3 nitrogen and oxygen atoms in total. The Morgan fingerprint density at radius 1 is 1.04 bits per heavy atom. The Kier molecular flexibility index (Phi) is 3.49. The van der Waals surface area contributed by atoms with Crippen molar-refractivity contribution in [3.63, 3.8) is 0 Å². The van der Waals surface area contributed by atoms with Gasteiger partial charge in [0.15, 0.2) is 0 Å². The molecule has 2 aromatic carbocycles. The Morgan fingerprint density at radius 2 is 1.75 bits per heavy atom. The third-order valence-electron chi connectivity index (χ3n) is 4.88. The zero-order valence-corrected chi connectivity index (χ0v) is 14.1. The lowest BCUT2D eigenvalue weighted by Crippen LogP contribution is -2.27. The molecule has 1 aliphatic heterocycles. The number of halogens is 3. The highest BCUT2D eigenvalue weighted by Gasteiger charge is 2.53. The highest BCUT2D eigenvalue weighted by atomic mass is 79.9. The summed E-state index contributed by atoms with van der Waals surface area (Å²) in [6.45, 7) is 0. The second kappa shape index (κ2) is 5.34. The molecule has 1 heterocycles. The van der Waals surface area contributed by atoms with Crippen LogP contribution in [0.1, 0.15) is 36.0 Å². The molecule has 4 rings (SSSR count). The van der Waals surface area contributed by atoms with Crippen molar-refractivity contribution >= 4 is 15.9 Å². The summed E-state index contributed by atoms with van der Waals surface area (Å²) in [6.07, 6.45) is -1.02. The van der Waals surface area contributed by atoms with Gasteiger partial charge in [0.25, 0.3) is 0 Å². The van der Waals surface area contributed by atoms with Crippen LogP contribution < -0.4 is 4.74 Å². The molecule has 6 heteroatoms.